The van der Waals surface area contributed by atoms with Crippen LogP contribution in [-0.4, -0.2) is 24.4 Å². The van der Waals surface area contributed by atoms with Gasteiger partial charge in [-0.2, -0.15) is 0 Å². The first-order valence-electron chi connectivity index (χ1n) is 9.42. The highest BCUT2D eigenvalue weighted by Crippen LogP contribution is 2.29. The minimum absolute atomic E-state index is 0.206. The molecule has 0 unspecified atom stereocenters. The Morgan fingerprint density at radius 2 is 1.40 bits per heavy atom. The van der Waals surface area contributed by atoms with E-state index in [1.54, 1.807) is 12.1 Å². The molecular formula is C23H16FN5O. The molecular weight excluding hydrogens is 381 g/mol. The molecule has 5 rings (SSSR count). The minimum atomic E-state index is -0.333. The van der Waals surface area contributed by atoms with Crippen LogP contribution < -0.4 is 5.69 Å². The lowest BCUT2D eigenvalue weighted by Gasteiger charge is -2.09. The van der Waals surface area contributed by atoms with Crippen LogP contribution in [0.2, 0.25) is 0 Å². The van der Waals surface area contributed by atoms with E-state index in [1.165, 1.54) is 21.2 Å². The van der Waals surface area contributed by atoms with Crippen LogP contribution in [0.15, 0.2) is 89.7 Å². The fourth-order valence-electron chi connectivity index (χ4n) is 3.42. The zero-order valence-electron chi connectivity index (χ0n) is 15.8. The summed E-state index contributed by atoms with van der Waals surface area (Å²) in [5.74, 6) is -0.119. The quantitative estimate of drug-likeness (QED) is 0.463. The highest BCUT2D eigenvalue weighted by atomic mass is 19.1. The van der Waals surface area contributed by atoms with Gasteiger partial charge < -0.3 is 0 Å². The normalized spacial score (nSPS) is 11.1. The van der Waals surface area contributed by atoms with Gasteiger partial charge in [0, 0.05) is 11.1 Å². The summed E-state index contributed by atoms with van der Waals surface area (Å²) >= 11 is 0. The standard InChI is InChI=1S/C23H16FN5O/c24-19-13-11-16(12-14-19)15-28-23(30)29-21(18-9-5-2-6-10-18)20(25-26-22(29)27-28)17-7-3-1-4-8-17/h1-14H,15H2. The Morgan fingerprint density at radius 3 is 2.07 bits per heavy atom. The summed E-state index contributed by atoms with van der Waals surface area (Å²) in [4.78, 5) is 13.3. The van der Waals surface area contributed by atoms with Gasteiger partial charge in [0.05, 0.1) is 12.2 Å². The zero-order chi connectivity index (χ0) is 20.5. The molecule has 5 aromatic rings. The Labute approximate surface area is 170 Å². The Bertz CT molecular complexity index is 1380. The van der Waals surface area contributed by atoms with Crippen LogP contribution in [-0.2, 0) is 6.54 Å². The summed E-state index contributed by atoms with van der Waals surface area (Å²) in [5, 5.41) is 12.9. The van der Waals surface area contributed by atoms with Gasteiger partial charge in [-0.3, -0.25) is 0 Å². The molecule has 0 N–H and O–H groups in total. The van der Waals surface area contributed by atoms with Crippen molar-refractivity contribution in [2.75, 3.05) is 0 Å². The van der Waals surface area contributed by atoms with E-state index < -0.39 is 0 Å². The maximum atomic E-state index is 13.3. The maximum Gasteiger partial charge on any atom is 0.352 e. The molecule has 146 valence electrons. The Balaban J connectivity index is 1.74. The molecule has 0 bridgehead atoms. The van der Waals surface area contributed by atoms with Crippen LogP contribution >= 0.6 is 0 Å². The summed E-state index contributed by atoms with van der Waals surface area (Å²) in [7, 11) is 0. The maximum absolute atomic E-state index is 13.3. The molecule has 0 spiro atoms. The van der Waals surface area contributed by atoms with Gasteiger partial charge in [-0.25, -0.2) is 18.3 Å². The van der Waals surface area contributed by atoms with Crippen molar-refractivity contribution in [3.05, 3.63) is 107 Å². The molecule has 7 heteroatoms. The van der Waals surface area contributed by atoms with E-state index in [4.69, 9.17) is 0 Å². The fourth-order valence-corrected chi connectivity index (χ4v) is 3.42. The molecule has 0 aliphatic heterocycles. The van der Waals surface area contributed by atoms with Crippen LogP contribution in [0.4, 0.5) is 4.39 Å². The highest BCUT2D eigenvalue weighted by molar-refractivity contribution is 5.78. The van der Waals surface area contributed by atoms with E-state index in [1.807, 2.05) is 60.7 Å². The average molecular weight is 397 g/mol. The van der Waals surface area contributed by atoms with Crippen molar-refractivity contribution in [1.82, 2.24) is 24.4 Å². The van der Waals surface area contributed by atoms with Crippen LogP contribution in [0.25, 0.3) is 28.3 Å². The first kappa shape index (κ1) is 17.9. The van der Waals surface area contributed by atoms with Crippen molar-refractivity contribution < 1.29 is 4.39 Å². The second kappa shape index (κ2) is 7.36. The molecule has 0 atom stereocenters. The van der Waals surface area contributed by atoms with Crippen molar-refractivity contribution in [2.24, 2.45) is 0 Å². The van der Waals surface area contributed by atoms with Crippen LogP contribution in [0.5, 0.6) is 0 Å². The van der Waals surface area contributed by atoms with Gasteiger partial charge in [-0.1, -0.05) is 72.8 Å². The Kier molecular flexibility index (Phi) is 4.40. The zero-order valence-corrected chi connectivity index (χ0v) is 15.8. The van der Waals surface area contributed by atoms with Crippen LogP contribution in [0, 0.1) is 5.82 Å². The Morgan fingerprint density at radius 1 is 0.767 bits per heavy atom. The van der Waals surface area contributed by atoms with Crippen molar-refractivity contribution in [2.45, 2.75) is 6.54 Å². The summed E-state index contributed by atoms with van der Waals surface area (Å²) < 4.78 is 16.0. The number of halogens is 1. The van der Waals surface area contributed by atoms with Crippen molar-refractivity contribution >= 4 is 5.78 Å². The van der Waals surface area contributed by atoms with Gasteiger partial charge >= 0.3 is 5.69 Å². The first-order valence-corrected chi connectivity index (χ1v) is 9.42. The second-order valence-corrected chi connectivity index (χ2v) is 6.83. The van der Waals surface area contributed by atoms with Gasteiger partial charge in [0.1, 0.15) is 11.5 Å². The molecule has 0 aliphatic rings. The topological polar surface area (TPSA) is 65.1 Å². The van der Waals surface area contributed by atoms with E-state index in [9.17, 15) is 9.18 Å². The van der Waals surface area contributed by atoms with E-state index in [-0.39, 0.29) is 23.8 Å². The van der Waals surface area contributed by atoms with Crippen molar-refractivity contribution in [1.29, 1.82) is 0 Å². The molecule has 6 nitrogen and oxygen atoms in total. The third kappa shape index (κ3) is 3.16. The monoisotopic (exact) mass is 397 g/mol. The predicted octanol–water partition coefficient (Wildman–Crippen LogP) is 3.81. The van der Waals surface area contributed by atoms with Crippen molar-refractivity contribution in [3.63, 3.8) is 0 Å². The number of rotatable bonds is 4. The molecule has 2 heterocycles. The number of benzene rings is 3. The molecule has 0 fully saturated rings. The molecule has 2 aromatic heterocycles. The molecule has 0 radical (unpaired) electrons. The number of hydrogen-bond acceptors (Lipinski definition) is 4. The van der Waals surface area contributed by atoms with Gasteiger partial charge in [0.2, 0.25) is 0 Å². The first-order chi connectivity index (χ1) is 14.7. The highest BCUT2D eigenvalue weighted by Gasteiger charge is 2.19. The number of hydrogen-bond donors (Lipinski definition) is 0. The number of aromatic nitrogens is 5. The molecule has 0 aliphatic carbocycles. The van der Waals surface area contributed by atoms with Gasteiger partial charge in [0.25, 0.3) is 5.78 Å². The average Bonchev–Trinajstić information content (AvgIpc) is 3.11. The fraction of sp³-hybridized carbons (Fsp3) is 0.0435. The van der Waals surface area contributed by atoms with E-state index in [2.05, 4.69) is 15.3 Å². The number of fused-ring (bicyclic) bond motifs is 1. The number of nitrogens with zero attached hydrogens (tertiary/aromatic N) is 5. The largest absolute Gasteiger partial charge is 0.352 e. The molecule has 0 saturated heterocycles. The smallest absolute Gasteiger partial charge is 0.245 e. The van der Waals surface area contributed by atoms with Crippen LogP contribution in [0.1, 0.15) is 5.56 Å². The van der Waals surface area contributed by atoms with E-state index >= 15 is 0 Å². The second-order valence-electron chi connectivity index (χ2n) is 6.83. The van der Waals surface area contributed by atoms with E-state index in [0.717, 1.165) is 16.7 Å². The Hall–Kier alpha value is -4.13. The van der Waals surface area contributed by atoms with E-state index in [0.29, 0.717) is 11.4 Å². The third-order valence-corrected chi connectivity index (χ3v) is 4.85. The molecule has 0 saturated carbocycles. The van der Waals surface area contributed by atoms with Gasteiger partial charge in [0.15, 0.2) is 0 Å². The SMILES string of the molecule is O=c1n(Cc2ccc(F)cc2)nc2nnc(-c3ccccc3)c(-c3ccccc3)n12. The lowest BCUT2D eigenvalue weighted by Crippen LogP contribution is -2.23. The van der Waals surface area contributed by atoms with Gasteiger partial charge in [-0.15, -0.1) is 15.3 Å². The summed E-state index contributed by atoms with van der Waals surface area (Å²) in [6, 6.07) is 25.2. The minimum Gasteiger partial charge on any atom is -0.245 e. The van der Waals surface area contributed by atoms with Crippen LogP contribution in [0.3, 0.4) is 0 Å². The summed E-state index contributed by atoms with van der Waals surface area (Å²) in [6.45, 7) is 0.206. The lowest BCUT2D eigenvalue weighted by atomic mass is 10.0. The van der Waals surface area contributed by atoms with Crippen molar-refractivity contribution in [3.8, 4) is 22.5 Å². The molecule has 0 amide bonds. The lowest BCUT2D eigenvalue weighted by molar-refractivity contribution is 0.622. The summed E-state index contributed by atoms with van der Waals surface area (Å²) in [6.07, 6.45) is 0. The molecule has 3 aromatic carbocycles. The molecule has 30 heavy (non-hydrogen) atoms. The third-order valence-electron chi connectivity index (χ3n) is 4.85. The predicted molar refractivity (Wildman–Crippen MR) is 111 cm³/mol. The summed E-state index contributed by atoms with van der Waals surface area (Å²) in [5.41, 5.74) is 3.34. The van der Waals surface area contributed by atoms with Gasteiger partial charge in [-0.05, 0) is 17.7 Å².